The molecule has 0 aromatic carbocycles. The van der Waals surface area contributed by atoms with Crippen LogP contribution < -0.4 is 5.73 Å². The van der Waals surface area contributed by atoms with Crippen LogP contribution in [-0.4, -0.2) is 17.0 Å². The van der Waals surface area contributed by atoms with Crippen LogP contribution >= 0.6 is 0 Å². The van der Waals surface area contributed by atoms with Gasteiger partial charge in [-0.15, -0.1) is 0 Å². The quantitative estimate of drug-likeness (QED) is 0.904. The Labute approximate surface area is 113 Å². The predicted molar refractivity (Wildman–Crippen MR) is 62.3 cm³/mol. The summed E-state index contributed by atoms with van der Waals surface area (Å²) in [4.78, 5) is 15.5. The van der Waals surface area contributed by atoms with Crippen LogP contribution in [0.2, 0.25) is 0 Å². The molecule has 20 heavy (non-hydrogen) atoms. The third kappa shape index (κ3) is 1.88. The number of hydrogen-bond acceptors (Lipinski definition) is 3. The van der Waals surface area contributed by atoms with Crippen molar-refractivity contribution in [3.8, 4) is 0 Å². The molecule has 2 N–H and O–H groups in total. The molecule has 0 aliphatic carbocycles. The average molecular weight is 286 g/mol. The Bertz CT molecular complexity index is 561. The summed E-state index contributed by atoms with van der Waals surface area (Å²) in [5.74, 6) is -1.16. The maximum atomic E-state index is 12.8. The second kappa shape index (κ2) is 4.18. The number of carbonyl (C=O) groups excluding carboxylic acids is 1. The fourth-order valence-electron chi connectivity index (χ4n) is 3.22. The zero-order valence-electron chi connectivity index (χ0n) is 10.5. The summed E-state index contributed by atoms with van der Waals surface area (Å²) >= 11 is 0. The molecule has 0 saturated carbocycles. The van der Waals surface area contributed by atoms with Crippen molar-refractivity contribution < 1.29 is 22.7 Å². The zero-order chi connectivity index (χ0) is 14.5. The first-order valence-electron chi connectivity index (χ1n) is 6.34. The van der Waals surface area contributed by atoms with Crippen molar-refractivity contribution in [1.29, 1.82) is 0 Å². The van der Waals surface area contributed by atoms with E-state index in [2.05, 4.69) is 4.98 Å². The highest BCUT2D eigenvalue weighted by Crippen LogP contribution is 2.53. The van der Waals surface area contributed by atoms with Crippen LogP contribution in [0.1, 0.15) is 30.5 Å². The first-order chi connectivity index (χ1) is 9.33. The van der Waals surface area contributed by atoms with Gasteiger partial charge in [-0.3, -0.25) is 9.78 Å². The second-order valence-corrected chi connectivity index (χ2v) is 5.29. The fraction of sp³-hybridized carbons (Fsp3) is 0.538. The van der Waals surface area contributed by atoms with E-state index in [1.54, 1.807) is 0 Å². The van der Waals surface area contributed by atoms with Crippen LogP contribution in [0.4, 0.5) is 13.2 Å². The molecule has 1 aromatic rings. The monoisotopic (exact) mass is 286 g/mol. The van der Waals surface area contributed by atoms with Gasteiger partial charge in [-0.25, -0.2) is 0 Å². The van der Waals surface area contributed by atoms with Crippen molar-refractivity contribution in [3.05, 3.63) is 29.6 Å². The molecule has 4 nitrogen and oxygen atoms in total. The summed E-state index contributed by atoms with van der Waals surface area (Å²) in [7, 11) is 0. The minimum Gasteiger partial charge on any atom is -0.369 e. The first kappa shape index (κ1) is 13.4. The molecule has 2 aliphatic rings. The van der Waals surface area contributed by atoms with Crippen molar-refractivity contribution in [2.24, 2.45) is 11.7 Å². The fourth-order valence-corrected chi connectivity index (χ4v) is 3.22. The van der Waals surface area contributed by atoms with Crippen molar-refractivity contribution in [1.82, 2.24) is 4.98 Å². The number of halogens is 3. The molecule has 7 heteroatoms. The van der Waals surface area contributed by atoms with Crippen LogP contribution in [0.5, 0.6) is 0 Å². The Kier molecular flexibility index (Phi) is 2.79. The molecule has 1 amide bonds. The number of pyridine rings is 1. The van der Waals surface area contributed by atoms with Gasteiger partial charge >= 0.3 is 6.18 Å². The Morgan fingerprint density at radius 2 is 2.25 bits per heavy atom. The van der Waals surface area contributed by atoms with Gasteiger partial charge in [0.15, 0.2) is 0 Å². The summed E-state index contributed by atoms with van der Waals surface area (Å²) in [5, 5.41) is 0. The number of carbonyl (C=O) groups is 1. The number of nitrogens with zero attached hydrogens (tertiary/aromatic N) is 1. The van der Waals surface area contributed by atoms with E-state index < -0.39 is 29.2 Å². The van der Waals surface area contributed by atoms with E-state index in [1.807, 2.05) is 0 Å². The molecule has 2 saturated heterocycles. The topological polar surface area (TPSA) is 65.2 Å². The third-order valence-corrected chi connectivity index (χ3v) is 4.14. The average Bonchev–Trinajstić information content (AvgIpc) is 2.97. The number of aromatic nitrogens is 1. The summed E-state index contributed by atoms with van der Waals surface area (Å²) in [6, 6.07) is 1.87. The highest BCUT2D eigenvalue weighted by molar-refractivity contribution is 5.79. The number of rotatable bonds is 2. The molecule has 2 aliphatic heterocycles. The van der Waals surface area contributed by atoms with Gasteiger partial charge in [0.2, 0.25) is 5.91 Å². The van der Waals surface area contributed by atoms with Gasteiger partial charge in [-0.05, 0) is 31.4 Å². The van der Waals surface area contributed by atoms with Crippen molar-refractivity contribution >= 4 is 5.91 Å². The van der Waals surface area contributed by atoms with Crippen molar-refractivity contribution in [2.75, 3.05) is 0 Å². The van der Waals surface area contributed by atoms with E-state index in [-0.39, 0.29) is 11.8 Å². The van der Waals surface area contributed by atoms with E-state index in [0.29, 0.717) is 19.3 Å². The maximum Gasteiger partial charge on any atom is 0.416 e. The van der Waals surface area contributed by atoms with Crippen LogP contribution in [0.3, 0.4) is 0 Å². The van der Waals surface area contributed by atoms with Crippen LogP contribution in [0.15, 0.2) is 18.3 Å². The minimum absolute atomic E-state index is 0.121. The molecule has 0 spiro atoms. The van der Waals surface area contributed by atoms with E-state index in [1.165, 1.54) is 0 Å². The van der Waals surface area contributed by atoms with Gasteiger partial charge < -0.3 is 10.5 Å². The lowest BCUT2D eigenvalue weighted by Crippen LogP contribution is -2.40. The largest absolute Gasteiger partial charge is 0.416 e. The number of amides is 1. The van der Waals surface area contributed by atoms with Gasteiger partial charge in [0.05, 0.1) is 23.3 Å². The van der Waals surface area contributed by atoms with Crippen molar-refractivity contribution in [2.45, 2.75) is 37.1 Å². The number of hydrogen-bond donors (Lipinski definition) is 1. The summed E-state index contributed by atoms with van der Waals surface area (Å²) in [6.45, 7) is 0. The summed E-state index contributed by atoms with van der Waals surface area (Å²) < 4.78 is 44.1. The molecule has 0 radical (unpaired) electrons. The van der Waals surface area contributed by atoms with Gasteiger partial charge in [-0.2, -0.15) is 13.2 Å². The van der Waals surface area contributed by atoms with E-state index in [4.69, 9.17) is 10.5 Å². The normalized spacial score (nSPS) is 32.5. The Balaban J connectivity index is 2.05. The molecule has 1 aromatic heterocycles. The Morgan fingerprint density at radius 3 is 2.85 bits per heavy atom. The molecule has 3 rings (SSSR count). The number of fused-ring (bicyclic) bond motifs is 2. The molecule has 2 fully saturated rings. The lowest BCUT2D eigenvalue weighted by atomic mass is 9.75. The molecule has 2 bridgehead atoms. The highest BCUT2D eigenvalue weighted by atomic mass is 19.4. The Morgan fingerprint density at radius 1 is 1.50 bits per heavy atom. The smallest absolute Gasteiger partial charge is 0.369 e. The van der Waals surface area contributed by atoms with Gasteiger partial charge in [0.25, 0.3) is 0 Å². The van der Waals surface area contributed by atoms with E-state index in [0.717, 1.165) is 18.3 Å². The Hall–Kier alpha value is -1.63. The van der Waals surface area contributed by atoms with Crippen molar-refractivity contribution in [3.63, 3.8) is 0 Å². The molecule has 3 atom stereocenters. The highest BCUT2D eigenvalue weighted by Gasteiger charge is 2.58. The number of ether oxygens (including phenoxy) is 1. The summed E-state index contributed by atoms with van der Waals surface area (Å²) in [6.07, 6.45) is -1.84. The zero-order valence-corrected chi connectivity index (χ0v) is 10.5. The molecule has 108 valence electrons. The molecular weight excluding hydrogens is 273 g/mol. The second-order valence-electron chi connectivity index (χ2n) is 5.29. The van der Waals surface area contributed by atoms with Gasteiger partial charge in [0, 0.05) is 6.20 Å². The molecule has 3 heterocycles. The minimum atomic E-state index is -4.45. The molecule has 3 unspecified atom stereocenters. The van der Waals surface area contributed by atoms with Crippen LogP contribution in [-0.2, 0) is 21.3 Å². The molecular formula is C13H13F3N2O2. The number of nitrogens with two attached hydrogens (primary N) is 1. The number of primary amides is 1. The van der Waals surface area contributed by atoms with E-state index in [9.17, 15) is 18.0 Å². The standard InChI is InChI=1S/C13H13F3N2O2/c14-13(15,16)7-2-4-18-10(5-7)12-3-1-8(20-12)6-9(12)11(17)19/h2,4-5,8-9H,1,3,6H2,(H2,17,19). The lowest BCUT2D eigenvalue weighted by Gasteiger charge is -2.30. The first-order valence-corrected chi connectivity index (χ1v) is 6.34. The lowest BCUT2D eigenvalue weighted by molar-refractivity contribution is -0.137. The van der Waals surface area contributed by atoms with E-state index >= 15 is 0 Å². The summed E-state index contributed by atoms with van der Waals surface area (Å²) in [5.41, 5.74) is 3.63. The third-order valence-electron chi connectivity index (χ3n) is 4.14. The van der Waals surface area contributed by atoms with Gasteiger partial charge in [-0.1, -0.05) is 0 Å². The SMILES string of the molecule is NC(=O)C1CC2CCC1(c1cc(C(F)(F)F)ccn1)O2. The predicted octanol–water partition coefficient (Wildman–Crippen LogP) is 1.98. The van der Waals surface area contributed by atoms with Crippen LogP contribution in [0, 0.1) is 5.92 Å². The number of alkyl halides is 3. The van der Waals surface area contributed by atoms with Gasteiger partial charge in [0.1, 0.15) is 5.60 Å². The maximum absolute atomic E-state index is 12.8. The van der Waals surface area contributed by atoms with Crippen LogP contribution in [0.25, 0.3) is 0 Å².